The van der Waals surface area contributed by atoms with Crippen molar-refractivity contribution in [2.45, 2.75) is 19.4 Å². The van der Waals surface area contributed by atoms with Crippen LogP contribution in [0.3, 0.4) is 0 Å². The zero-order chi connectivity index (χ0) is 11.5. The molecular formula is C11H17N3O2. The number of carbonyl (C=O) groups is 1. The second-order valence-electron chi connectivity index (χ2n) is 4.10. The Balaban J connectivity index is 2.17. The van der Waals surface area contributed by atoms with E-state index in [0.29, 0.717) is 5.56 Å². The van der Waals surface area contributed by atoms with Crippen LogP contribution in [0.5, 0.6) is 0 Å². The highest BCUT2D eigenvalue weighted by molar-refractivity contribution is 5.90. The summed E-state index contributed by atoms with van der Waals surface area (Å²) in [5, 5.41) is 4.12. The number of rotatable bonds is 3. The highest BCUT2D eigenvalue weighted by Crippen LogP contribution is 2.16. The zero-order valence-corrected chi connectivity index (χ0v) is 9.77. The lowest BCUT2D eigenvalue weighted by atomic mass is 10.2. The standard InChI is InChI=1S/C11H17N3O2/c1-13-10(8-14-5-3-4-6-14)9(7-12-13)11(15)16-2/h7H,3-6,8H2,1-2H3. The lowest BCUT2D eigenvalue weighted by Gasteiger charge is -2.15. The Morgan fingerprint density at radius 3 is 2.81 bits per heavy atom. The highest BCUT2D eigenvalue weighted by atomic mass is 16.5. The van der Waals surface area contributed by atoms with Crippen LogP contribution in [0.4, 0.5) is 0 Å². The molecule has 0 unspecified atom stereocenters. The summed E-state index contributed by atoms with van der Waals surface area (Å²) in [5.41, 5.74) is 1.52. The molecule has 0 aromatic carbocycles. The van der Waals surface area contributed by atoms with E-state index >= 15 is 0 Å². The minimum Gasteiger partial charge on any atom is -0.465 e. The van der Waals surface area contributed by atoms with E-state index < -0.39 is 0 Å². The van der Waals surface area contributed by atoms with E-state index in [1.54, 1.807) is 10.9 Å². The number of carbonyl (C=O) groups excluding carboxylic acids is 1. The predicted molar refractivity (Wildman–Crippen MR) is 59.1 cm³/mol. The smallest absolute Gasteiger partial charge is 0.341 e. The lowest BCUT2D eigenvalue weighted by molar-refractivity contribution is 0.0598. The maximum absolute atomic E-state index is 11.5. The summed E-state index contributed by atoms with van der Waals surface area (Å²) < 4.78 is 6.50. The molecule has 0 aliphatic carbocycles. The molecule has 0 saturated carbocycles. The van der Waals surface area contributed by atoms with Gasteiger partial charge in [0.1, 0.15) is 5.56 Å². The van der Waals surface area contributed by atoms with Crippen molar-refractivity contribution in [3.05, 3.63) is 17.5 Å². The fourth-order valence-electron chi connectivity index (χ4n) is 2.08. The van der Waals surface area contributed by atoms with E-state index in [1.165, 1.54) is 20.0 Å². The number of likely N-dealkylation sites (tertiary alicyclic amines) is 1. The fourth-order valence-corrected chi connectivity index (χ4v) is 2.08. The third-order valence-electron chi connectivity index (χ3n) is 3.04. The van der Waals surface area contributed by atoms with E-state index in [4.69, 9.17) is 4.74 Å². The average Bonchev–Trinajstić information content (AvgIpc) is 2.90. The number of methoxy groups -OCH3 is 1. The molecule has 0 radical (unpaired) electrons. The van der Waals surface area contributed by atoms with Gasteiger partial charge in [0.05, 0.1) is 19.0 Å². The molecule has 1 aromatic rings. The summed E-state index contributed by atoms with van der Waals surface area (Å²) in [6.45, 7) is 2.98. The van der Waals surface area contributed by atoms with Gasteiger partial charge in [-0.15, -0.1) is 0 Å². The van der Waals surface area contributed by atoms with Gasteiger partial charge in [0, 0.05) is 13.6 Å². The van der Waals surface area contributed by atoms with Crippen LogP contribution in [0.2, 0.25) is 0 Å². The van der Waals surface area contributed by atoms with Crippen molar-refractivity contribution in [3.8, 4) is 0 Å². The third kappa shape index (κ3) is 2.09. The van der Waals surface area contributed by atoms with Gasteiger partial charge in [0.2, 0.25) is 0 Å². The van der Waals surface area contributed by atoms with Gasteiger partial charge in [-0.1, -0.05) is 0 Å². The van der Waals surface area contributed by atoms with E-state index in [1.807, 2.05) is 7.05 Å². The van der Waals surface area contributed by atoms with Gasteiger partial charge in [0.25, 0.3) is 0 Å². The SMILES string of the molecule is COC(=O)c1cnn(C)c1CN1CCCC1. The van der Waals surface area contributed by atoms with Gasteiger partial charge in [-0.05, 0) is 25.9 Å². The van der Waals surface area contributed by atoms with E-state index in [0.717, 1.165) is 25.3 Å². The van der Waals surface area contributed by atoms with Gasteiger partial charge in [-0.2, -0.15) is 5.10 Å². The van der Waals surface area contributed by atoms with Crippen LogP contribution in [0, 0.1) is 0 Å². The van der Waals surface area contributed by atoms with Crippen molar-refractivity contribution in [1.82, 2.24) is 14.7 Å². The summed E-state index contributed by atoms with van der Waals surface area (Å²) in [6, 6.07) is 0. The van der Waals surface area contributed by atoms with Crippen molar-refractivity contribution < 1.29 is 9.53 Å². The molecule has 0 atom stereocenters. The number of esters is 1. The molecule has 0 bridgehead atoms. The van der Waals surface area contributed by atoms with Gasteiger partial charge in [-0.25, -0.2) is 4.79 Å². The van der Waals surface area contributed by atoms with Gasteiger partial charge >= 0.3 is 5.97 Å². The molecule has 1 aliphatic rings. The van der Waals surface area contributed by atoms with Crippen LogP contribution < -0.4 is 0 Å². The van der Waals surface area contributed by atoms with Gasteiger partial charge < -0.3 is 4.74 Å². The van der Waals surface area contributed by atoms with Crippen molar-refractivity contribution >= 4 is 5.97 Å². The largest absolute Gasteiger partial charge is 0.465 e. The maximum atomic E-state index is 11.5. The van der Waals surface area contributed by atoms with Crippen LogP contribution in [0.1, 0.15) is 28.9 Å². The Morgan fingerprint density at radius 2 is 2.19 bits per heavy atom. The number of nitrogens with zero attached hydrogens (tertiary/aromatic N) is 3. The Morgan fingerprint density at radius 1 is 1.50 bits per heavy atom. The summed E-state index contributed by atoms with van der Waals surface area (Å²) in [6.07, 6.45) is 4.06. The Labute approximate surface area is 95.0 Å². The maximum Gasteiger partial charge on any atom is 0.341 e. The average molecular weight is 223 g/mol. The summed E-state index contributed by atoms with van der Waals surface area (Å²) in [4.78, 5) is 13.9. The number of hydrogen-bond acceptors (Lipinski definition) is 4. The van der Waals surface area contributed by atoms with E-state index in [-0.39, 0.29) is 5.97 Å². The third-order valence-corrected chi connectivity index (χ3v) is 3.04. The predicted octanol–water partition coefficient (Wildman–Crippen LogP) is 0.802. The molecule has 1 aliphatic heterocycles. The molecule has 1 saturated heterocycles. The second kappa shape index (κ2) is 4.65. The quantitative estimate of drug-likeness (QED) is 0.711. The molecule has 1 fully saturated rings. The van der Waals surface area contributed by atoms with Crippen LogP contribution in [0.15, 0.2) is 6.20 Å². The Kier molecular flexibility index (Phi) is 3.24. The summed E-state index contributed by atoms with van der Waals surface area (Å²) in [7, 11) is 3.26. The Hall–Kier alpha value is -1.36. The van der Waals surface area contributed by atoms with E-state index in [9.17, 15) is 4.79 Å². The molecule has 88 valence electrons. The number of ether oxygens (including phenoxy) is 1. The van der Waals surface area contributed by atoms with E-state index in [2.05, 4.69) is 10.00 Å². The van der Waals surface area contributed by atoms with Crippen molar-refractivity contribution in [2.75, 3.05) is 20.2 Å². The summed E-state index contributed by atoms with van der Waals surface area (Å²) >= 11 is 0. The van der Waals surface area contributed by atoms with Crippen molar-refractivity contribution in [1.29, 1.82) is 0 Å². The van der Waals surface area contributed by atoms with Gasteiger partial charge in [0.15, 0.2) is 0 Å². The normalized spacial score (nSPS) is 16.6. The minimum atomic E-state index is -0.303. The topological polar surface area (TPSA) is 47.4 Å². The molecule has 0 amide bonds. The molecule has 2 rings (SSSR count). The van der Waals surface area contributed by atoms with Crippen molar-refractivity contribution in [3.63, 3.8) is 0 Å². The molecule has 0 spiro atoms. The van der Waals surface area contributed by atoms with Crippen molar-refractivity contribution in [2.24, 2.45) is 7.05 Å². The molecule has 1 aromatic heterocycles. The summed E-state index contributed by atoms with van der Waals surface area (Å²) in [5.74, 6) is -0.303. The molecule has 5 heteroatoms. The molecule has 16 heavy (non-hydrogen) atoms. The fraction of sp³-hybridized carbons (Fsp3) is 0.636. The monoisotopic (exact) mass is 223 g/mol. The van der Waals surface area contributed by atoms with Crippen LogP contribution in [-0.2, 0) is 18.3 Å². The molecular weight excluding hydrogens is 206 g/mol. The first-order valence-corrected chi connectivity index (χ1v) is 5.54. The number of hydrogen-bond donors (Lipinski definition) is 0. The van der Waals surface area contributed by atoms with Crippen LogP contribution >= 0.6 is 0 Å². The molecule has 5 nitrogen and oxygen atoms in total. The van der Waals surface area contributed by atoms with Crippen LogP contribution in [-0.4, -0.2) is 40.8 Å². The lowest BCUT2D eigenvalue weighted by Crippen LogP contribution is -2.22. The number of aromatic nitrogens is 2. The first-order chi connectivity index (χ1) is 7.72. The Bertz CT molecular complexity index is 381. The first-order valence-electron chi connectivity index (χ1n) is 5.54. The number of aryl methyl sites for hydroxylation is 1. The van der Waals surface area contributed by atoms with Gasteiger partial charge in [-0.3, -0.25) is 9.58 Å². The molecule has 0 N–H and O–H groups in total. The first kappa shape index (κ1) is 11.1. The second-order valence-corrected chi connectivity index (χ2v) is 4.10. The minimum absolute atomic E-state index is 0.303. The molecule has 2 heterocycles. The zero-order valence-electron chi connectivity index (χ0n) is 9.77. The highest BCUT2D eigenvalue weighted by Gasteiger charge is 2.20. The van der Waals surface area contributed by atoms with Crippen LogP contribution in [0.25, 0.3) is 0 Å².